The van der Waals surface area contributed by atoms with Gasteiger partial charge in [-0.25, -0.2) is 0 Å². The summed E-state index contributed by atoms with van der Waals surface area (Å²) in [5, 5.41) is 14.0. The topological polar surface area (TPSA) is 136 Å². The number of fused-ring (bicyclic) bond motifs is 1. The van der Waals surface area contributed by atoms with Crippen molar-refractivity contribution in [1.29, 1.82) is 0 Å². The monoisotopic (exact) mass is 487 g/mol. The molecule has 0 saturated carbocycles. The molecular weight excluding hydrogens is 466 g/mol. The Balaban J connectivity index is 1.36. The molecule has 182 valence electrons. The molecule has 1 heterocycles. The number of carbonyl (C=O) groups is 4. The normalized spacial score (nSPS) is 13.2. The van der Waals surface area contributed by atoms with Crippen molar-refractivity contribution in [2.45, 2.75) is 19.4 Å². The van der Waals surface area contributed by atoms with E-state index in [0.717, 1.165) is 22.1 Å². The predicted octanol–water partition coefficient (Wildman–Crippen LogP) is 3.82. The van der Waals surface area contributed by atoms with Crippen LogP contribution in [0.4, 0.5) is 11.4 Å². The Morgan fingerprint density at radius 3 is 2.33 bits per heavy atom. The Bertz CT molecular complexity index is 1370. The van der Waals surface area contributed by atoms with Gasteiger partial charge in [-0.2, -0.15) is 0 Å². The molecule has 0 spiro atoms. The van der Waals surface area contributed by atoms with E-state index in [1.807, 2.05) is 42.5 Å². The van der Waals surface area contributed by atoms with E-state index in [0.29, 0.717) is 5.69 Å². The van der Waals surface area contributed by atoms with Crippen LogP contribution in [0.3, 0.4) is 0 Å². The summed E-state index contributed by atoms with van der Waals surface area (Å²) in [4.78, 5) is 61.4. The molecule has 0 saturated heterocycles. The molecule has 1 aliphatic rings. The van der Waals surface area contributed by atoms with Crippen LogP contribution >= 0.6 is 0 Å². The van der Waals surface area contributed by atoms with Gasteiger partial charge < -0.3 is 10.1 Å². The molecule has 4 rings (SSSR count). The van der Waals surface area contributed by atoms with Gasteiger partial charge in [-0.1, -0.05) is 54.6 Å². The van der Waals surface area contributed by atoms with Crippen LogP contribution in [0.2, 0.25) is 0 Å². The lowest BCUT2D eigenvalue weighted by molar-refractivity contribution is -0.385. The van der Waals surface area contributed by atoms with Gasteiger partial charge in [0.2, 0.25) is 0 Å². The molecule has 0 aromatic heterocycles. The van der Waals surface area contributed by atoms with Crippen LogP contribution in [0.15, 0.2) is 72.8 Å². The lowest BCUT2D eigenvalue weighted by Gasteiger charge is -2.17. The summed E-state index contributed by atoms with van der Waals surface area (Å²) in [7, 11) is 0. The summed E-state index contributed by atoms with van der Waals surface area (Å²) >= 11 is 0. The van der Waals surface area contributed by atoms with E-state index in [1.165, 1.54) is 19.1 Å². The lowest BCUT2D eigenvalue weighted by Crippen LogP contribution is -2.34. The molecule has 1 atom stereocenters. The number of nitrogens with one attached hydrogen (secondary N) is 1. The summed E-state index contributed by atoms with van der Waals surface area (Å²) in [5.74, 6) is -2.93. The van der Waals surface area contributed by atoms with E-state index in [9.17, 15) is 29.3 Å². The smallest absolute Gasteiger partial charge is 0.308 e. The number of hydrogen-bond donors (Lipinski definition) is 1. The second-order valence-corrected chi connectivity index (χ2v) is 8.00. The highest BCUT2D eigenvalue weighted by atomic mass is 16.6. The van der Waals surface area contributed by atoms with Crippen molar-refractivity contribution in [3.63, 3.8) is 0 Å². The van der Waals surface area contributed by atoms with Crippen molar-refractivity contribution in [3.05, 3.63) is 94.0 Å². The Hall–Kier alpha value is -4.86. The molecule has 3 amide bonds. The molecule has 0 fully saturated rings. The minimum atomic E-state index is -1.15. The zero-order valence-corrected chi connectivity index (χ0v) is 19.2. The van der Waals surface area contributed by atoms with Gasteiger partial charge in [-0.15, -0.1) is 0 Å². The van der Waals surface area contributed by atoms with Gasteiger partial charge in [0.05, 0.1) is 16.9 Å². The van der Waals surface area contributed by atoms with Crippen molar-refractivity contribution in [2.75, 3.05) is 11.9 Å². The van der Waals surface area contributed by atoms with E-state index in [2.05, 4.69) is 5.32 Å². The number of nitro groups is 1. The second kappa shape index (κ2) is 10.2. The second-order valence-electron chi connectivity index (χ2n) is 8.00. The van der Waals surface area contributed by atoms with Crippen LogP contribution in [0.1, 0.15) is 34.1 Å². The molecule has 3 aromatic carbocycles. The number of hydrogen-bond acceptors (Lipinski definition) is 7. The fourth-order valence-corrected chi connectivity index (χ4v) is 3.88. The fraction of sp³-hybridized carbons (Fsp3) is 0.154. The molecule has 1 aliphatic heterocycles. The Kier molecular flexibility index (Phi) is 6.86. The Morgan fingerprint density at radius 1 is 0.944 bits per heavy atom. The average Bonchev–Trinajstić information content (AvgIpc) is 3.12. The van der Waals surface area contributed by atoms with E-state index in [-0.39, 0.29) is 24.1 Å². The van der Waals surface area contributed by atoms with Crippen molar-refractivity contribution in [2.24, 2.45) is 0 Å². The van der Waals surface area contributed by atoms with E-state index in [4.69, 9.17) is 4.74 Å². The summed E-state index contributed by atoms with van der Waals surface area (Å²) < 4.78 is 5.19. The minimum Gasteiger partial charge on any atom is -0.452 e. The number of para-hydroxylation sites is 1. The van der Waals surface area contributed by atoms with Crippen LogP contribution in [-0.4, -0.2) is 46.2 Å². The zero-order chi connectivity index (χ0) is 25.8. The van der Waals surface area contributed by atoms with E-state index >= 15 is 0 Å². The van der Waals surface area contributed by atoms with Gasteiger partial charge in [0.15, 0.2) is 6.10 Å². The van der Waals surface area contributed by atoms with Gasteiger partial charge in [0.1, 0.15) is 5.56 Å². The van der Waals surface area contributed by atoms with E-state index < -0.39 is 40.4 Å². The van der Waals surface area contributed by atoms with E-state index in [1.54, 1.807) is 12.1 Å². The SMILES string of the molecule is CC(OC(=O)CCN1C(=O)c2cccc([N+](=O)[O-])c2C1=O)C(=O)Nc1ccccc1-c1ccccc1. The molecule has 1 N–H and O–H groups in total. The molecule has 0 radical (unpaired) electrons. The molecule has 0 aliphatic carbocycles. The van der Waals surface area contributed by atoms with Crippen LogP contribution in [0, 0.1) is 10.1 Å². The first-order valence-corrected chi connectivity index (χ1v) is 11.1. The molecule has 0 bridgehead atoms. The largest absolute Gasteiger partial charge is 0.452 e. The lowest BCUT2D eigenvalue weighted by atomic mass is 10.0. The highest BCUT2D eigenvalue weighted by Crippen LogP contribution is 2.31. The van der Waals surface area contributed by atoms with Crippen LogP contribution in [0.25, 0.3) is 11.1 Å². The zero-order valence-electron chi connectivity index (χ0n) is 19.2. The van der Waals surface area contributed by atoms with Gasteiger partial charge in [0.25, 0.3) is 23.4 Å². The van der Waals surface area contributed by atoms with Crippen molar-refractivity contribution < 1.29 is 28.8 Å². The third-order valence-electron chi connectivity index (χ3n) is 5.66. The van der Waals surface area contributed by atoms with Gasteiger partial charge in [-0.3, -0.25) is 34.2 Å². The number of anilines is 1. The van der Waals surface area contributed by atoms with Gasteiger partial charge in [0, 0.05) is 23.9 Å². The van der Waals surface area contributed by atoms with Crippen LogP contribution in [0.5, 0.6) is 0 Å². The fourth-order valence-electron chi connectivity index (χ4n) is 3.88. The summed E-state index contributed by atoms with van der Waals surface area (Å²) in [6.45, 7) is 1.07. The molecule has 3 aromatic rings. The van der Waals surface area contributed by atoms with Gasteiger partial charge in [-0.05, 0) is 24.6 Å². The molecule has 36 heavy (non-hydrogen) atoms. The quantitative estimate of drug-likeness (QED) is 0.221. The number of nitro benzene ring substituents is 1. The molecule has 1 unspecified atom stereocenters. The maximum atomic E-state index is 12.7. The van der Waals surface area contributed by atoms with Gasteiger partial charge >= 0.3 is 5.97 Å². The molecule has 10 nitrogen and oxygen atoms in total. The number of esters is 1. The number of carbonyl (C=O) groups excluding carboxylic acids is 4. The summed E-state index contributed by atoms with van der Waals surface area (Å²) in [5.41, 5.74) is 1.38. The number of imide groups is 1. The maximum absolute atomic E-state index is 12.7. The first kappa shape index (κ1) is 24.3. The van der Waals surface area contributed by atoms with Crippen molar-refractivity contribution in [1.82, 2.24) is 4.90 Å². The number of amides is 3. The summed E-state index contributed by atoms with van der Waals surface area (Å²) in [6.07, 6.45) is -1.53. The Labute approximate surface area is 205 Å². The number of ether oxygens (including phenoxy) is 1. The number of nitrogens with zero attached hydrogens (tertiary/aromatic N) is 2. The summed E-state index contributed by atoms with van der Waals surface area (Å²) in [6, 6.07) is 20.4. The first-order chi connectivity index (χ1) is 17.3. The number of rotatable bonds is 8. The highest BCUT2D eigenvalue weighted by Gasteiger charge is 2.41. The minimum absolute atomic E-state index is 0.0904. The third kappa shape index (κ3) is 4.83. The number of benzene rings is 3. The highest BCUT2D eigenvalue weighted by molar-refractivity contribution is 6.23. The third-order valence-corrected chi connectivity index (χ3v) is 5.66. The Morgan fingerprint density at radius 2 is 1.61 bits per heavy atom. The van der Waals surface area contributed by atoms with Crippen molar-refractivity contribution >= 4 is 35.1 Å². The average molecular weight is 487 g/mol. The van der Waals surface area contributed by atoms with Crippen LogP contribution in [-0.2, 0) is 14.3 Å². The van der Waals surface area contributed by atoms with Crippen LogP contribution < -0.4 is 5.32 Å². The maximum Gasteiger partial charge on any atom is 0.308 e. The first-order valence-electron chi connectivity index (χ1n) is 11.1. The molecular formula is C26H21N3O7. The predicted molar refractivity (Wildman–Crippen MR) is 129 cm³/mol. The van der Waals surface area contributed by atoms with Crippen molar-refractivity contribution in [3.8, 4) is 11.1 Å². The standard InChI is InChI=1S/C26H21N3O7/c1-16(24(31)27-20-12-6-5-10-18(20)17-8-3-2-4-9-17)36-22(30)14-15-28-25(32)19-11-7-13-21(29(34)35)23(19)26(28)33/h2-13,16H,14-15H2,1H3,(H,27,31). The molecule has 10 heteroatoms.